The Labute approximate surface area is 180 Å². The van der Waals surface area contributed by atoms with Gasteiger partial charge in [0.2, 0.25) is 0 Å². The second-order valence-corrected chi connectivity index (χ2v) is 21.5. The third-order valence-electron chi connectivity index (χ3n) is 7.73. The maximum Gasteiger partial charge on any atom is 0.192 e. The van der Waals surface area contributed by atoms with Crippen molar-refractivity contribution in [1.82, 2.24) is 0 Å². The Balaban J connectivity index is 1.87. The lowest BCUT2D eigenvalue weighted by Crippen LogP contribution is -2.45. The van der Waals surface area contributed by atoms with Gasteiger partial charge in [-0.15, -0.1) is 0 Å². The Morgan fingerprint density at radius 1 is 0.724 bits per heavy atom. The quantitative estimate of drug-likeness (QED) is 0.369. The first-order chi connectivity index (χ1) is 13.1. The highest BCUT2D eigenvalue weighted by molar-refractivity contribution is 6.74. The summed E-state index contributed by atoms with van der Waals surface area (Å²) >= 11 is 0. The zero-order chi connectivity index (χ0) is 21.9. The fourth-order valence-electron chi connectivity index (χ4n) is 3.49. The van der Waals surface area contributed by atoms with Gasteiger partial charge in [-0.2, -0.15) is 0 Å². The SMILES string of the molecule is CC(C)(C)[Si](C)(C)OC[C@@]12C=C[C@@](CO[Si](C)(C)C(C)(C)C)(O1)c1ccccc12. The van der Waals surface area contributed by atoms with Crippen molar-refractivity contribution in [1.29, 1.82) is 0 Å². The first kappa shape index (κ1) is 22.9. The van der Waals surface area contributed by atoms with Crippen LogP contribution in [0.4, 0.5) is 0 Å². The molecule has 2 aliphatic heterocycles. The highest BCUT2D eigenvalue weighted by Gasteiger charge is 2.57. The maximum absolute atomic E-state index is 6.82. The highest BCUT2D eigenvalue weighted by Crippen LogP contribution is 2.55. The molecular formula is C24H40O3Si2. The molecule has 0 aliphatic carbocycles. The molecule has 3 nitrogen and oxygen atoms in total. The summed E-state index contributed by atoms with van der Waals surface area (Å²) in [6, 6.07) is 8.60. The Bertz CT molecular complexity index is 736. The van der Waals surface area contributed by atoms with Crippen molar-refractivity contribution >= 4 is 16.6 Å². The molecule has 0 fully saturated rings. The van der Waals surface area contributed by atoms with Crippen LogP contribution in [0.25, 0.3) is 0 Å². The Morgan fingerprint density at radius 3 is 1.38 bits per heavy atom. The van der Waals surface area contributed by atoms with Gasteiger partial charge in [-0.05, 0) is 59.5 Å². The van der Waals surface area contributed by atoms with Crippen molar-refractivity contribution in [3.05, 3.63) is 47.5 Å². The third-order valence-corrected chi connectivity index (χ3v) is 16.7. The van der Waals surface area contributed by atoms with Gasteiger partial charge >= 0.3 is 0 Å². The van der Waals surface area contributed by atoms with Crippen molar-refractivity contribution in [2.24, 2.45) is 0 Å². The van der Waals surface area contributed by atoms with Crippen LogP contribution in [0.5, 0.6) is 0 Å². The van der Waals surface area contributed by atoms with E-state index >= 15 is 0 Å². The first-order valence-corrected chi connectivity index (χ1v) is 16.7. The summed E-state index contributed by atoms with van der Waals surface area (Å²) in [5.74, 6) is 0. The number of ether oxygens (including phenoxy) is 1. The van der Waals surface area contributed by atoms with Crippen LogP contribution in [-0.2, 0) is 24.8 Å². The van der Waals surface area contributed by atoms with Gasteiger partial charge in [0, 0.05) is 0 Å². The summed E-state index contributed by atoms with van der Waals surface area (Å²) in [6.45, 7) is 24.0. The summed E-state index contributed by atoms with van der Waals surface area (Å²) in [5, 5.41) is 0.346. The normalized spacial score (nSPS) is 26.8. The predicted molar refractivity (Wildman–Crippen MR) is 126 cm³/mol. The van der Waals surface area contributed by atoms with E-state index in [1.165, 1.54) is 11.1 Å². The second kappa shape index (κ2) is 6.89. The van der Waals surface area contributed by atoms with E-state index < -0.39 is 27.8 Å². The monoisotopic (exact) mass is 432 g/mol. The molecule has 1 aromatic rings. The highest BCUT2D eigenvalue weighted by atomic mass is 28.4. The van der Waals surface area contributed by atoms with Crippen LogP contribution >= 0.6 is 0 Å². The third kappa shape index (κ3) is 3.85. The van der Waals surface area contributed by atoms with Gasteiger partial charge in [-0.3, -0.25) is 0 Å². The molecule has 2 atom stereocenters. The van der Waals surface area contributed by atoms with E-state index in [0.717, 1.165) is 0 Å². The lowest BCUT2D eigenvalue weighted by atomic mass is 9.82. The smallest absolute Gasteiger partial charge is 0.192 e. The molecule has 0 saturated carbocycles. The van der Waals surface area contributed by atoms with Crippen LogP contribution in [-0.4, -0.2) is 29.8 Å². The molecule has 0 unspecified atom stereocenters. The van der Waals surface area contributed by atoms with E-state index in [-0.39, 0.29) is 10.1 Å². The van der Waals surface area contributed by atoms with Gasteiger partial charge in [0.05, 0.1) is 13.2 Å². The molecule has 0 amide bonds. The molecule has 2 bridgehead atoms. The van der Waals surface area contributed by atoms with Crippen LogP contribution in [0.1, 0.15) is 52.7 Å². The van der Waals surface area contributed by atoms with E-state index in [0.29, 0.717) is 13.2 Å². The topological polar surface area (TPSA) is 27.7 Å². The molecule has 5 heteroatoms. The molecule has 0 radical (unpaired) electrons. The van der Waals surface area contributed by atoms with Crippen LogP contribution < -0.4 is 0 Å². The Morgan fingerprint density at radius 2 is 1.07 bits per heavy atom. The number of hydrogen-bond acceptors (Lipinski definition) is 3. The van der Waals surface area contributed by atoms with Crippen LogP contribution in [0, 0.1) is 0 Å². The summed E-state index contributed by atoms with van der Waals surface area (Å²) in [5.41, 5.74) is 1.48. The lowest BCUT2D eigenvalue weighted by Gasteiger charge is -2.39. The molecule has 3 rings (SSSR count). The minimum atomic E-state index is -1.87. The molecule has 0 spiro atoms. The average molecular weight is 433 g/mol. The summed E-state index contributed by atoms with van der Waals surface area (Å²) in [7, 11) is -3.75. The minimum absolute atomic E-state index is 0.173. The lowest BCUT2D eigenvalue weighted by molar-refractivity contribution is -0.109. The fraction of sp³-hybridized carbons (Fsp3) is 0.667. The summed E-state index contributed by atoms with van der Waals surface area (Å²) in [6.07, 6.45) is 4.44. The largest absolute Gasteiger partial charge is 0.413 e. The van der Waals surface area contributed by atoms with Crippen LogP contribution in [0.15, 0.2) is 36.4 Å². The van der Waals surface area contributed by atoms with E-state index in [2.05, 4.69) is 104 Å². The summed E-state index contributed by atoms with van der Waals surface area (Å²) in [4.78, 5) is 0. The molecule has 0 N–H and O–H groups in total. The van der Waals surface area contributed by atoms with E-state index in [1.807, 2.05) is 0 Å². The van der Waals surface area contributed by atoms with Crippen LogP contribution in [0.2, 0.25) is 36.3 Å². The predicted octanol–water partition coefficient (Wildman–Crippen LogP) is 6.72. The molecule has 0 aromatic heterocycles. The molecule has 2 heterocycles. The molecule has 0 saturated heterocycles. The van der Waals surface area contributed by atoms with Crippen molar-refractivity contribution in [3.63, 3.8) is 0 Å². The maximum atomic E-state index is 6.82. The van der Waals surface area contributed by atoms with E-state index in [1.54, 1.807) is 0 Å². The molecule has 2 aliphatic rings. The molecule has 1 aromatic carbocycles. The number of rotatable bonds is 6. The van der Waals surface area contributed by atoms with Crippen molar-refractivity contribution < 1.29 is 13.6 Å². The zero-order valence-corrected chi connectivity index (χ0v) is 22.1. The standard InChI is InChI=1S/C24H40O3Si2/c1-21(2,3)28(7,8)25-17-23-15-16-24(27-23,20-14-12-11-13-19(20)23)18-26-29(9,10)22(4,5)6/h11-16H,17-18H2,1-10H3/t23-,24+. The van der Waals surface area contributed by atoms with Gasteiger partial charge in [-0.1, -0.05) is 65.8 Å². The van der Waals surface area contributed by atoms with Gasteiger partial charge < -0.3 is 13.6 Å². The van der Waals surface area contributed by atoms with Gasteiger partial charge in [0.1, 0.15) is 11.2 Å². The number of benzene rings is 1. The Hall–Kier alpha value is -0.726. The molecule has 29 heavy (non-hydrogen) atoms. The van der Waals surface area contributed by atoms with Crippen molar-refractivity contribution in [3.8, 4) is 0 Å². The van der Waals surface area contributed by atoms with E-state index in [4.69, 9.17) is 13.6 Å². The number of fused-ring (bicyclic) bond motifs is 5. The van der Waals surface area contributed by atoms with Crippen molar-refractivity contribution in [2.45, 2.75) is 89.0 Å². The van der Waals surface area contributed by atoms with Gasteiger partial charge in [0.25, 0.3) is 0 Å². The summed E-state index contributed by atoms with van der Waals surface area (Å²) < 4.78 is 20.1. The van der Waals surface area contributed by atoms with E-state index in [9.17, 15) is 0 Å². The van der Waals surface area contributed by atoms with Crippen LogP contribution in [0.3, 0.4) is 0 Å². The van der Waals surface area contributed by atoms with Crippen molar-refractivity contribution in [2.75, 3.05) is 13.2 Å². The average Bonchev–Trinajstić information content (AvgIpc) is 3.10. The number of hydrogen-bond donors (Lipinski definition) is 0. The fourth-order valence-corrected chi connectivity index (χ4v) is 5.51. The molecule has 162 valence electrons. The zero-order valence-electron chi connectivity index (χ0n) is 20.1. The first-order valence-electron chi connectivity index (χ1n) is 10.8. The Kier molecular flexibility index (Phi) is 5.45. The van der Waals surface area contributed by atoms with Gasteiger partial charge in [-0.25, -0.2) is 0 Å². The minimum Gasteiger partial charge on any atom is -0.413 e. The molecular weight excluding hydrogens is 392 g/mol. The second-order valence-electron chi connectivity index (χ2n) is 11.9. The van der Waals surface area contributed by atoms with Gasteiger partial charge in [0.15, 0.2) is 16.6 Å².